The Morgan fingerprint density at radius 1 is 1.33 bits per heavy atom. The first kappa shape index (κ1) is 14.4. The zero-order chi connectivity index (χ0) is 11.4. The summed E-state index contributed by atoms with van der Waals surface area (Å²) in [6.45, 7) is 5.61. The van der Waals surface area contributed by atoms with Crippen LogP contribution in [0.4, 0.5) is 0 Å². The van der Waals surface area contributed by atoms with E-state index in [1.807, 2.05) is 6.21 Å². The van der Waals surface area contributed by atoms with E-state index in [-0.39, 0.29) is 0 Å². The van der Waals surface area contributed by atoms with Crippen molar-refractivity contribution in [2.75, 3.05) is 13.2 Å². The van der Waals surface area contributed by atoms with E-state index < -0.39 is 0 Å². The largest absolute Gasteiger partial charge is 0.396 e. The Hall–Kier alpha value is -0.610. The Kier molecular flexibility index (Phi) is 11.0. The summed E-state index contributed by atoms with van der Waals surface area (Å²) >= 11 is 0. The summed E-state index contributed by atoms with van der Waals surface area (Å²) in [5.41, 5.74) is 0. The van der Waals surface area contributed by atoms with Gasteiger partial charge in [-0.1, -0.05) is 25.4 Å². The van der Waals surface area contributed by atoms with E-state index in [4.69, 9.17) is 10.7 Å². The van der Waals surface area contributed by atoms with E-state index >= 15 is 0 Å². The van der Waals surface area contributed by atoms with Gasteiger partial charge in [0.05, 0.1) is 6.61 Å². The monoisotopic (exact) mass is 216 g/mol. The van der Waals surface area contributed by atoms with Crippen LogP contribution in [0.2, 0.25) is 0 Å². The van der Waals surface area contributed by atoms with Gasteiger partial charge in [-0.05, 0) is 31.6 Å². The highest BCUT2D eigenvalue weighted by Gasteiger charge is 2.01. The van der Waals surface area contributed by atoms with Gasteiger partial charge in [-0.25, -0.2) is 5.90 Å². The molecule has 0 aliphatic carbocycles. The second-order valence-corrected chi connectivity index (χ2v) is 3.82. The van der Waals surface area contributed by atoms with Crippen molar-refractivity contribution in [2.45, 2.75) is 46.0 Å². The van der Waals surface area contributed by atoms with Gasteiger partial charge < -0.3 is 9.68 Å². The number of nitrogens with zero attached hydrogens (tertiary/aromatic N) is 1. The number of oxime groups is 1. The topological polar surface area (TPSA) is 56.8 Å². The van der Waals surface area contributed by atoms with Crippen molar-refractivity contribution in [1.82, 2.24) is 0 Å². The fourth-order valence-electron chi connectivity index (χ4n) is 1.12. The van der Waals surface area contributed by atoms with Gasteiger partial charge in [0.1, 0.15) is 6.61 Å². The highest BCUT2D eigenvalue weighted by molar-refractivity contribution is 5.55. The van der Waals surface area contributed by atoms with Crippen LogP contribution < -0.4 is 5.90 Å². The summed E-state index contributed by atoms with van der Waals surface area (Å²) in [7, 11) is 0. The molecule has 0 bridgehead atoms. The quantitative estimate of drug-likeness (QED) is 0.347. The number of unbranched alkanes of at least 4 members (excludes halogenated alkanes) is 2. The molecule has 0 aromatic carbocycles. The van der Waals surface area contributed by atoms with Crippen LogP contribution in [0.5, 0.6) is 0 Å². The van der Waals surface area contributed by atoms with E-state index in [1.54, 1.807) is 0 Å². The molecule has 15 heavy (non-hydrogen) atoms. The van der Waals surface area contributed by atoms with Gasteiger partial charge in [0.15, 0.2) is 0 Å². The minimum absolute atomic E-state index is 0.569. The molecule has 0 radical (unpaired) electrons. The van der Waals surface area contributed by atoms with Gasteiger partial charge in [-0.15, -0.1) is 0 Å². The summed E-state index contributed by atoms with van der Waals surface area (Å²) in [5, 5.41) is 3.88. The zero-order valence-corrected chi connectivity index (χ0v) is 9.95. The predicted octanol–water partition coefficient (Wildman–Crippen LogP) is 2.49. The third kappa shape index (κ3) is 11.3. The molecule has 0 amide bonds. The fourth-order valence-corrected chi connectivity index (χ4v) is 1.12. The summed E-state index contributed by atoms with van der Waals surface area (Å²) in [6, 6.07) is 0. The van der Waals surface area contributed by atoms with Crippen LogP contribution in [0.3, 0.4) is 0 Å². The molecule has 1 atom stereocenters. The molecule has 0 aromatic heterocycles. The van der Waals surface area contributed by atoms with E-state index in [9.17, 15) is 0 Å². The first-order valence-corrected chi connectivity index (χ1v) is 5.76. The molecule has 4 heteroatoms. The summed E-state index contributed by atoms with van der Waals surface area (Å²) in [4.78, 5) is 9.64. The Labute approximate surface area is 92.8 Å². The smallest absolute Gasteiger partial charge is 0.117 e. The lowest BCUT2D eigenvalue weighted by molar-refractivity contribution is 0.104. The van der Waals surface area contributed by atoms with Crippen molar-refractivity contribution in [1.29, 1.82) is 0 Å². The van der Waals surface area contributed by atoms with Crippen molar-refractivity contribution in [3.05, 3.63) is 0 Å². The molecule has 0 heterocycles. The van der Waals surface area contributed by atoms with Crippen LogP contribution >= 0.6 is 0 Å². The second-order valence-electron chi connectivity index (χ2n) is 3.82. The molecule has 0 aromatic rings. The van der Waals surface area contributed by atoms with E-state index in [0.717, 1.165) is 19.3 Å². The van der Waals surface area contributed by atoms with Crippen molar-refractivity contribution >= 4 is 6.21 Å². The van der Waals surface area contributed by atoms with Crippen LogP contribution in [0.1, 0.15) is 46.0 Å². The minimum Gasteiger partial charge on any atom is -0.396 e. The predicted molar refractivity (Wildman–Crippen MR) is 62.5 cm³/mol. The lowest BCUT2D eigenvalue weighted by atomic mass is 10.1. The van der Waals surface area contributed by atoms with Gasteiger partial charge in [0.2, 0.25) is 0 Å². The minimum atomic E-state index is 0.569. The number of hydrogen-bond acceptors (Lipinski definition) is 4. The average molecular weight is 216 g/mol. The molecule has 0 aliphatic rings. The molecular weight excluding hydrogens is 192 g/mol. The molecule has 0 aliphatic heterocycles. The van der Waals surface area contributed by atoms with Gasteiger partial charge in [-0.3, -0.25) is 0 Å². The molecule has 1 unspecified atom stereocenters. The number of nitrogens with two attached hydrogens (primary N) is 1. The highest BCUT2D eigenvalue weighted by atomic mass is 16.6. The maximum atomic E-state index is 5.13. The first-order chi connectivity index (χ1) is 7.31. The van der Waals surface area contributed by atoms with E-state index in [0.29, 0.717) is 19.1 Å². The zero-order valence-electron chi connectivity index (χ0n) is 9.95. The van der Waals surface area contributed by atoms with E-state index in [1.165, 1.54) is 12.8 Å². The molecule has 0 spiro atoms. The second kappa shape index (κ2) is 11.5. The maximum Gasteiger partial charge on any atom is 0.117 e. The summed E-state index contributed by atoms with van der Waals surface area (Å²) in [5.74, 6) is 5.51. The molecule has 90 valence electrons. The molecule has 0 rings (SSSR count). The highest BCUT2D eigenvalue weighted by Crippen LogP contribution is 2.06. The van der Waals surface area contributed by atoms with E-state index in [2.05, 4.69) is 23.8 Å². The third-order valence-corrected chi connectivity index (χ3v) is 2.27. The molecule has 0 saturated heterocycles. The van der Waals surface area contributed by atoms with Crippen molar-refractivity contribution in [3.63, 3.8) is 0 Å². The molecule has 0 saturated carbocycles. The normalized spacial score (nSPS) is 13.3. The Morgan fingerprint density at radius 2 is 2.07 bits per heavy atom. The first-order valence-electron chi connectivity index (χ1n) is 5.76. The number of rotatable bonds is 10. The summed E-state index contributed by atoms with van der Waals surface area (Å²) < 4.78 is 0. The van der Waals surface area contributed by atoms with Crippen LogP contribution in [-0.4, -0.2) is 19.4 Å². The Balaban J connectivity index is 3.18. The standard InChI is InChI=1S/C11H24N2O2/c1-3-4-5-8-13-15-10-7-11(2)6-9-14-12/h8,11H,3-7,9-10,12H2,1-2H3/b13-8-. The van der Waals surface area contributed by atoms with Crippen LogP contribution in [0.25, 0.3) is 0 Å². The number of hydrogen-bond donors (Lipinski definition) is 1. The van der Waals surface area contributed by atoms with Gasteiger partial charge >= 0.3 is 0 Å². The lowest BCUT2D eigenvalue weighted by Crippen LogP contribution is -2.07. The Bertz CT molecular complexity index is 152. The van der Waals surface area contributed by atoms with Crippen molar-refractivity contribution < 1.29 is 9.68 Å². The van der Waals surface area contributed by atoms with Crippen LogP contribution in [-0.2, 0) is 9.68 Å². The third-order valence-electron chi connectivity index (χ3n) is 2.27. The fraction of sp³-hybridized carbons (Fsp3) is 0.909. The average Bonchev–Trinajstić information content (AvgIpc) is 2.25. The lowest BCUT2D eigenvalue weighted by Gasteiger charge is -2.08. The van der Waals surface area contributed by atoms with Gasteiger partial charge in [0, 0.05) is 6.21 Å². The van der Waals surface area contributed by atoms with Crippen LogP contribution in [0, 0.1) is 5.92 Å². The van der Waals surface area contributed by atoms with Crippen molar-refractivity contribution in [3.8, 4) is 0 Å². The van der Waals surface area contributed by atoms with Crippen molar-refractivity contribution in [2.24, 2.45) is 17.0 Å². The van der Waals surface area contributed by atoms with Crippen LogP contribution in [0.15, 0.2) is 5.16 Å². The maximum absolute atomic E-state index is 5.13. The molecule has 0 fully saturated rings. The molecular formula is C11H24N2O2. The van der Waals surface area contributed by atoms with Gasteiger partial charge in [-0.2, -0.15) is 0 Å². The summed E-state index contributed by atoms with van der Waals surface area (Å²) in [6.07, 6.45) is 7.19. The van der Waals surface area contributed by atoms with Gasteiger partial charge in [0.25, 0.3) is 0 Å². The SMILES string of the molecule is CCCC/C=N\OCCC(C)CCON. The molecule has 2 N–H and O–H groups in total. The Morgan fingerprint density at radius 3 is 2.73 bits per heavy atom. The molecule has 4 nitrogen and oxygen atoms in total.